The fraction of sp³-hybridized carbons (Fsp3) is 0.500. The molecule has 0 aliphatic rings. The number of ether oxygens (including phenoxy) is 2. The molecule has 8 nitrogen and oxygen atoms in total. The average molecular weight is 365 g/mol. The lowest BCUT2D eigenvalue weighted by atomic mass is 10.1. The smallest absolute Gasteiger partial charge is 0.407 e. The van der Waals surface area contributed by atoms with Crippen molar-refractivity contribution < 1.29 is 23.9 Å². The minimum absolute atomic E-state index is 0.334. The van der Waals surface area contributed by atoms with Gasteiger partial charge in [0.2, 0.25) is 5.91 Å². The van der Waals surface area contributed by atoms with Gasteiger partial charge >= 0.3 is 12.1 Å². The van der Waals surface area contributed by atoms with Gasteiger partial charge in [-0.05, 0) is 51.8 Å². The molecule has 0 aliphatic heterocycles. The van der Waals surface area contributed by atoms with Gasteiger partial charge in [0.25, 0.3) is 0 Å². The Morgan fingerprint density at radius 1 is 1.23 bits per heavy atom. The second kappa shape index (κ2) is 9.76. The van der Waals surface area contributed by atoms with Gasteiger partial charge in [0.15, 0.2) is 0 Å². The van der Waals surface area contributed by atoms with Crippen molar-refractivity contribution in [2.75, 3.05) is 19.0 Å². The molecule has 0 radical (unpaired) electrons. The van der Waals surface area contributed by atoms with Gasteiger partial charge in [-0.1, -0.05) is 6.07 Å². The highest BCUT2D eigenvalue weighted by Crippen LogP contribution is 2.12. The van der Waals surface area contributed by atoms with E-state index in [1.807, 2.05) is 0 Å². The fourth-order valence-electron chi connectivity index (χ4n) is 2.03. The van der Waals surface area contributed by atoms with Crippen molar-refractivity contribution in [3.63, 3.8) is 0 Å². The maximum atomic E-state index is 12.1. The Labute approximate surface area is 153 Å². The lowest BCUT2D eigenvalue weighted by Gasteiger charge is -2.19. The second-order valence-electron chi connectivity index (χ2n) is 6.74. The van der Waals surface area contributed by atoms with Crippen LogP contribution in [0.2, 0.25) is 0 Å². The van der Waals surface area contributed by atoms with Crippen LogP contribution in [-0.2, 0) is 14.3 Å². The molecule has 1 rings (SSSR count). The third-order valence-corrected chi connectivity index (χ3v) is 3.25. The molecule has 0 unspecified atom stereocenters. The van der Waals surface area contributed by atoms with E-state index in [9.17, 15) is 14.4 Å². The topological polar surface area (TPSA) is 120 Å². The minimum Gasteiger partial charge on any atom is -0.465 e. The monoisotopic (exact) mass is 365 g/mol. The van der Waals surface area contributed by atoms with E-state index in [0.717, 1.165) is 0 Å². The molecule has 4 N–H and O–H groups in total. The molecule has 0 aliphatic carbocycles. The Kier molecular flexibility index (Phi) is 8.05. The normalized spacial score (nSPS) is 12.0. The van der Waals surface area contributed by atoms with Crippen molar-refractivity contribution in [2.45, 2.75) is 45.3 Å². The third kappa shape index (κ3) is 7.98. The Morgan fingerprint density at radius 2 is 1.92 bits per heavy atom. The second-order valence-corrected chi connectivity index (χ2v) is 6.74. The Bertz CT molecular complexity index is 640. The molecule has 0 aromatic heterocycles. The Morgan fingerprint density at radius 3 is 2.54 bits per heavy atom. The predicted molar refractivity (Wildman–Crippen MR) is 97.9 cm³/mol. The van der Waals surface area contributed by atoms with Gasteiger partial charge < -0.3 is 25.8 Å². The fourth-order valence-corrected chi connectivity index (χ4v) is 2.03. The van der Waals surface area contributed by atoms with Crippen molar-refractivity contribution in [3.8, 4) is 0 Å². The number of anilines is 1. The van der Waals surface area contributed by atoms with Crippen LogP contribution >= 0.6 is 0 Å². The zero-order chi connectivity index (χ0) is 19.7. The van der Waals surface area contributed by atoms with Crippen LogP contribution in [0.5, 0.6) is 0 Å². The molecule has 0 saturated heterocycles. The maximum Gasteiger partial charge on any atom is 0.407 e. The molecule has 0 spiro atoms. The molecule has 2 amide bonds. The number of nitrogens with one attached hydrogen (secondary N) is 2. The Hall–Kier alpha value is -2.61. The van der Waals surface area contributed by atoms with Gasteiger partial charge in [-0.25, -0.2) is 9.59 Å². The number of hydrogen-bond acceptors (Lipinski definition) is 6. The third-order valence-electron chi connectivity index (χ3n) is 3.25. The van der Waals surface area contributed by atoms with Gasteiger partial charge in [-0.2, -0.15) is 0 Å². The van der Waals surface area contributed by atoms with Crippen molar-refractivity contribution in [1.82, 2.24) is 5.32 Å². The van der Waals surface area contributed by atoms with E-state index in [2.05, 4.69) is 15.4 Å². The summed E-state index contributed by atoms with van der Waals surface area (Å²) < 4.78 is 9.75. The molecule has 8 heteroatoms. The highest BCUT2D eigenvalue weighted by Gasteiger charge is 2.17. The van der Waals surface area contributed by atoms with E-state index >= 15 is 0 Å². The number of methoxy groups -OCH3 is 1. The van der Waals surface area contributed by atoms with Crippen LogP contribution in [-0.4, -0.2) is 43.3 Å². The van der Waals surface area contributed by atoms with Crippen molar-refractivity contribution in [1.29, 1.82) is 0 Å². The quantitative estimate of drug-likeness (QED) is 0.502. The van der Waals surface area contributed by atoms with Gasteiger partial charge in [0.05, 0.1) is 18.7 Å². The van der Waals surface area contributed by atoms with Crippen LogP contribution in [0.25, 0.3) is 0 Å². The van der Waals surface area contributed by atoms with Gasteiger partial charge in [-0.3, -0.25) is 4.79 Å². The summed E-state index contributed by atoms with van der Waals surface area (Å²) in [5, 5.41) is 5.27. The lowest BCUT2D eigenvalue weighted by molar-refractivity contribution is -0.117. The number of carbonyl (C=O) groups is 3. The number of alkyl carbamates (subject to hydrolysis) is 1. The van der Waals surface area contributed by atoms with Crippen LogP contribution in [0.3, 0.4) is 0 Å². The molecular formula is C18H27N3O5. The number of amides is 2. The molecule has 0 saturated carbocycles. The molecular weight excluding hydrogens is 338 g/mol. The van der Waals surface area contributed by atoms with Gasteiger partial charge in [0.1, 0.15) is 5.60 Å². The first kappa shape index (κ1) is 21.4. The number of carbonyl (C=O) groups excluding carboxylic acids is 3. The SMILES string of the molecule is COC(=O)c1cccc(NC(=O)[C@H](N)CCCNC(=O)OC(C)(C)C)c1. The largest absolute Gasteiger partial charge is 0.465 e. The summed E-state index contributed by atoms with van der Waals surface area (Å²) >= 11 is 0. The van der Waals surface area contributed by atoms with Crippen LogP contribution in [0.4, 0.5) is 10.5 Å². The van der Waals surface area contributed by atoms with Crippen LogP contribution in [0, 0.1) is 0 Å². The molecule has 1 aromatic carbocycles. The summed E-state index contributed by atoms with van der Waals surface area (Å²) in [7, 11) is 1.29. The van der Waals surface area contributed by atoms with Gasteiger partial charge in [0, 0.05) is 12.2 Å². The van der Waals surface area contributed by atoms with E-state index < -0.39 is 23.7 Å². The first-order valence-electron chi connectivity index (χ1n) is 8.34. The number of hydrogen-bond donors (Lipinski definition) is 3. The van der Waals surface area contributed by atoms with E-state index in [0.29, 0.717) is 30.6 Å². The Balaban J connectivity index is 2.39. The molecule has 144 valence electrons. The molecule has 0 heterocycles. The molecule has 0 bridgehead atoms. The summed E-state index contributed by atoms with van der Waals surface area (Å²) in [4.78, 5) is 35.1. The van der Waals surface area contributed by atoms with Gasteiger partial charge in [-0.15, -0.1) is 0 Å². The van der Waals surface area contributed by atoms with Crippen molar-refractivity contribution >= 4 is 23.7 Å². The summed E-state index contributed by atoms with van der Waals surface area (Å²) in [6, 6.07) is 5.65. The number of nitrogens with two attached hydrogens (primary N) is 1. The molecule has 1 atom stereocenters. The highest BCUT2D eigenvalue weighted by molar-refractivity contribution is 5.96. The van der Waals surface area contributed by atoms with Crippen molar-refractivity contribution in [2.24, 2.45) is 5.73 Å². The molecule has 1 aromatic rings. The summed E-state index contributed by atoms with van der Waals surface area (Å²) in [6.07, 6.45) is 0.407. The minimum atomic E-state index is -0.739. The zero-order valence-corrected chi connectivity index (χ0v) is 15.6. The van der Waals surface area contributed by atoms with E-state index in [1.165, 1.54) is 13.2 Å². The van der Waals surface area contributed by atoms with E-state index in [1.54, 1.807) is 39.0 Å². The first-order chi connectivity index (χ1) is 12.1. The molecule has 26 heavy (non-hydrogen) atoms. The lowest BCUT2D eigenvalue weighted by Crippen LogP contribution is -2.37. The number of esters is 1. The van der Waals surface area contributed by atoms with Crippen molar-refractivity contribution in [3.05, 3.63) is 29.8 Å². The molecule has 0 fully saturated rings. The predicted octanol–water partition coefficient (Wildman–Crippen LogP) is 2.04. The summed E-state index contributed by atoms with van der Waals surface area (Å²) in [5.74, 6) is -0.858. The number of rotatable bonds is 7. The van der Waals surface area contributed by atoms with E-state index in [4.69, 9.17) is 10.5 Å². The standard InChI is InChI=1S/C18H27N3O5/c1-18(2,3)26-17(24)20-10-6-9-14(19)15(22)21-13-8-5-7-12(11-13)16(23)25-4/h5,7-8,11,14H,6,9-10,19H2,1-4H3,(H,20,24)(H,21,22)/t14-/m1/s1. The van der Waals surface area contributed by atoms with E-state index in [-0.39, 0.29) is 5.91 Å². The average Bonchev–Trinajstić information content (AvgIpc) is 2.56. The summed E-state index contributed by atoms with van der Waals surface area (Å²) in [6.45, 7) is 5.69. The summed E-state index contributed by atoms with van der Waals surface area (Å²) in [5.41, 5.74) is 6.10. The zero-order valence-electron chi connectivity index (χ0n) is 15.6. The van der Waals surface area contributed by atoms with Crippen LogP contribution < -0.4 is 16.4 Å². The van der Waals surface area contributed by atoms with Crippen LogP contribution in [0.1, 0.15) is 44.0 Å². The highest BCUT2D eigenvalue weighted by atomic mass is 16.6. The maximum absolute atomic E-state index is 12.1. The first-order valence-corrected chi connectivity index (χ1v) is 8.34. The number of benzene rings is 1. The van der Waals surface area contributed by atoms with Crippen LogP contribution in [0.15, 0.2) is 24.3 Å².